The first-order valence-electron chi connectivity index (χ1n) is 5.85. The van der Waals surface area contributed by atoms with Gasteiger partial charge in [0.1, 0.15) is 5.03 Å². The van der Waals surface area contributed by atoms with Crippen molar-refractivity contribution in [2.75, 3.05) is 18.9 Å². The molecule has 96 valence electrons. The van der Waals surface area contributed by atoms with E-state index in [1.165, 1.54) is 0 Å². The molecule has 1 unspecified atom stereocenters. The lowest BCUT2D eigenvalue weighted by atomic mass is 10.2. The van der Waals surface area contributed by atoms with Gasteiger partial charge in [-0.1, -0.05) is 18.5 Å². The van der Waals surface area contributed by atoms with Gasteiger partial charge in [0, 0.05) is 18.0 Å². The van der Waals surface area contributed by atoms with E-state index in [0.717, 1.165) is 30.2 Å². The first-order chi connectivity index (χ1) is 8.27. The van der Waals surface area contributed by atoms with Crippen molar-refractivity contribution in [3.63, 3.8) is 0 Å². The van der Waals surface area contributed by atoms with E-state index in [9.17, 15) is 5.11 Å². The van der Waals surface area contributed by atoms with E-state index < -0.39 is 0 Å². The average Bonchev–Trinajstić information content (AvgIpc) is 2.35. The van der Waals surface area contributed by atoms with Gasteiger partial charge in [-0.15, -0.1) is 11.8 Å². The maximum Gasteiger partial charge on any atom is 0.115 e. The molecule has 17 heavy (non-hydrogen) atoms. The molecule has 1 aromatic heterocycles. The van der Waals surface area contributed by atoms with Crippen LogP contribution in [0.4, 0.5) is 0 Å². The SMILES string of the molecule is CCCNC(CO)CCSc1ncccc1Cl. The molecule has 3 nitrogen and oxygen atoms in total. The van der Waals surface area contributed by atoms with Crippen LogP contribution in [0.15, 0.2) is 23.4 Å². The summed E-state index contributed by atoms with van der Waals surface area (Å²) in [5, 5.41) is 14.1. The Morgan fingerprint density at radius 2 is 2.41 bits per heavy atom. The zero-order chi connectivity index (χ0) is 12.5. The van der Waals surface area contributed by atoms with Gasteiger partial charge in [0.15, 0.2) is 0 Å². The molecule has 0 aliphatic carbocycles. The molecule has 0 amide bonds. The van der Waals surface area contributed by atoms with Crippen LogP contribution >= 0.6 is 23.4 Å². The summed E-state index contributed by atoms with van der Waals surface area (Å²) >= 11 is 7.64. The number of halogens is 1. The van der Waals surface area contributed by atoms with Crippen LogP contribution in [0.25, 0.3) is 0 Å². The number of rotatable bonds is 8. The van der Waals surface area contributed by atoms with Crippen molar-refractivity contribution in [3.8, 4) is 0 Å². The van der Waals surface area contributed by atoms with Crippen molar-refractivity contribution < 1.29 is 5.11 Å². The summed E-state index contributed by atoms with van der Waals surface area (Å²) in [7, 11) is 0. The van der Waals surface area contributed by atoms with Crippen LogP contribution in [-0.4, -0.2) is 35.0 Å². The molecule has 1 atom stereocenters. The van der Waals surface area contributed by atoms with Crippen LogP contribution in [0.3, 0.4) is 0 Å². The Bertz CT molecular complexity index is 325. The number of aliphatic hydroxyl groups excluding tert-OH is 1. The first kappa shape index (κ1) is 14.8. The third-order valence-corrected chi connectivity index (χ3v) is 3.79. The van der Waals surface area contributed by atoms with E-state index in [-0.39, 0.29) is 12.6 Å². The smallest absolute Gasteiger partial charge is 0.115 e. The highest BCUT2D eigenvalue weighted by Crippen LogP contribution is 2.24. The Hall–Kier alpha value is -0.290. The summed E-state index contributed by atoms with van der Waals surface area (Å²) in [5.41, 5.74) is 0. The summed E-state index contributed by atoms with van der Waals surface area (Å²) in [6.45, 7) is 3.24. The van der Waals surface area contributed by atoms with E-state index >= 15 is 0 Å². The highest BCUT2D eigenvalue weighted by molar-refractivity contribution is 7.99. The quantitative estimate of drug-likeness (QED) is 0.715. The van der Waals surface area contributed by atoms with Gasteiger partial charge >= 0.3 is 0 Å². The molecule has 0 saturated heterocycles. The topological polar surface area (TPSA) is 45.1 Å². The zero-order valence-electron chi connectivity index (χ0n) is 10.0. The minimum Gasteiger partial charge on any atom is -0.395 e. The van der Waals surface area contributed by atoms with Crippen LogP contribution in [0.5, 0.6) is 0 Å². The molecule has 0 fully saturated rings. The number of hydrogen-bond acceptors (Lipinski definition) is 4. The van der Waals surface area contributed by atoms with E-state index in [0.29, 0.717) is 5.02 Å². The minimum absolute atomic E-state index is 0.171. The summed E-state index contributed by atoms with van der Waals surface area (Å²) in [6.07, 6.45) is 3.73. The second kappa shape index (κ2) is 8.75. The molecule has 0 radical (unpaired) electrons. The summed E-state index contributed by atoms with van der Waals surface area (Å²) < 4.78 is 0. The highest BCUT2D eigenvalue weighted by atomic mass is 35.5. The van der Waals surface area contributed by atoms with Crippen LogP contribution in [0.2, 0.25) is 5.02 Å². The van der Waals surface area contributed by atoms with Crippen LogP contribution in [-0.2, 0) is 0 Å². The second-order valence-corrected chi connectivity index (χ2v) is 5.25. The van der Waals surface area contributed by atoms with Crippen molar-refractivity contribution in [2.24, 2.45) is 0 Å². The van der Waals surface area contributed by atoms with E-state index in [1.54, 1.807) is 18.0 Å². The van der Waals surface area contributed by atoms with Crippen molar-refractivity contribution in [1.29, 1.82) is 0 Å². The van der Waals surface area contributed by atoms with Crippen LogP contribution in [0.1, 0.15) is 19.8 Å². The maximum atomic E-state index is 9.19. The van der Waals surface area contributed by atoms with Crippen molar-refractivity contribution in [1.82, 2.24) is 10.3 Å². The fourth-order valence-electron chi connectivity index (χ4n) is 1.38. The van der Waals surface area contributed by atoms with E-state index in [1.807, 2.05) is 12.1 Å². The Kier molecular flexibility index (Phi) is 7.60. The summed E-state index contributed by atoms with van der Waals surface area (Å²) in [4.78, 5) is 4.21. The summed E-state index contributed by atoms with van der Waals surface area (Å²) in [5.74, 6) is 0.901. The molecular formula is C12H19ClN2OS. The molecule has 0 saturated carbocycles. The monoisotopic (exact) mass is 274 g/mol. The minimum atomic E-state index is 0.171. The Morgan fingerprint density at radius 1 is 1.59 bits per heavy atom. The van der Waals surface area contributed by atoms with Gasteiger partial charge in [-0.2, -0.15) is 0 Å². The van der Waals surface area contributed by atoms with Gasteiger partial charge < -0.3 is 10.4 Å². The molecule has 0 spiro atoms. The Morgan fingerprint density at radius 3 is 3.06 bits per heavy atom. The maximum absolute atomic E-state index is 9.19. The van der Waals surface area contributed by atoms with Crippen LogP contribution < -0.4 is 5.32 Å². The summed E-state index contributed by atoms with van der Waals surface area (Å²) in [6, 6.07) is 3.84. The van der Waals surface area contributed by atoms with E-state index in [4.69, 9.17) is 11.6 Å². The van der Waals surface area contributed by atoms with Crippen molar-refractivity contribution >= 4 is 23.4 Å². The molecule has 0 aromatic carbocycles. The van der Waals surface area contributed by atoms with Gasteiger partial charge in [-0.05, 0) is 31.5 Å². The number of aromatic nitrogens is 1. The molecule has 0 bridgehead atoms. The van der Waals surface area contributed by atoms with Crippen molar-refractivity contribution in [2.45, 2.75) is 30.8 Å². The van der Waals surface area contributed by atoms with Gasteiger partial charge in [0.25, 0.3) is 0 Å². The standard InChI is InChI=1S/C12H19ClN2OS/c1-2-6-14-10(9-16)5-8-17-12-11(13)4-3-7-15-12/h3-4,7,10,14,16H,2,5-6,8-9H2,1H3. The van der Waals surface area contributed by atoms with Gasteiger partial charge in [-0.3, -0.25) is 0 Å². The molecule has 1 rings (SSSR count). The fourth-order valence-corrected chi connectivity index (χ4v) is 2.60. The van der Waals surface area contributed by atoms with Gasteiger partial charge in [0.2, 0.25) is 0 Å². The average molecular weight is 275 g/mol. The fraction of sp³-hybridized carbons (Fsp3) is 0.583. The third kappa shape index (κ3) is 5.73. The van der Waals surface area contributed by atoms with E-state index in [2.05, 4.69) is 17.2 Å². The number of nitrogens with one attached hydrogen (secondary N) is 1. The second-order valence-electron chi connectivity index (χ2n) is 3.76. The lowest BCUT2D eigenvalue weighted by Crippen LogP contribution is -2.33. The predicted octanol–water partition coefficient (Wildman–Crippen LogP) is 2.58. The largest absolute Gasteiger partial charge is 0.395 e. The Labute approximate surface area is 112 Å². The van der Waals surface area contributed by atoms with Crippen molar-refractivity contribution in [3.05, 3.63) is 23.4 Å². The first-order valence-corrected chi connectivity index (χ1v) is 7.21. The van der Waals surface area contributed by atoms with Gasteiger partial charge in [0.05, 0.1) is 11.6 Å². The number of nitrogens with zero attached hydrogens (tertiary/aromatic N) is 1. The molecule has 0 aliphatic heterocycles. The molecule has 5 heteroatoms. The van der Waals surface area contributed by atoms with Gasteiger partial charge in [-0.25, -0.2) is 4.98 Å². The normalized spacial score (nSPS) is 12.6. The predicted molar refractivity (Wildman–Crippen MR) is 73.8 cm³/mol. The molecule has 1 aromatic rings. The number of aliphatic hydroxyl groups is 1. The number of pyridine rings is 1. The highest BCUT2D eigenvalue weighted by Gasteiger charge is 2.07. The zero-order valence-corrected chi connectivity index (χ0v) is 11.6. The number of hydrogen-bond donors (Lipinski definition) is 2. The molecular weight excluding hydrogens is 256 g/mol. The molecule has 1 heterocycles. The third-order valence-electron chi connectivity index (χ3n) is 2.33. The van der Waals surface area contributed by atoms with Crippen LogP contribution in [0, 0.1) is 0 Å². The molecule has 2 N–H and O–H groups in total. The lowest BCUT2D eigenvalue weighted by molar-refractivity contribution is 0.240. The number of thioether (sulfide) groups is 1. The molecule has 0 aliphatic rings. The lowest BCUT2D eigenvalue weighted by Gasteiger charge is -2.15. The Balaban J connectivity index is 2.28.